The maximum absolute atomic E-state index is 13.7. The number of likely N-dealkylation sites (tertiary alicyclic amines) is 1. The number of ether oxygens (including phenoxy) is 3. The van der Waals surface area contributed by atoms with Crippen LogP contribution in [-0.2, 0) is 38.6 Å². The molecule has 0 aliphatic carbocycles. The van der Waals surface area contributed by atoms with Crippen LogP contribution >= 0.6 is 0 Å². The van der Waals surface area contributed by atoms with Crippen molar-refractivity contribution in [1.29, 1.82) is 0 Å². The number of methoxy groups -OCH3 is 1. The van der Waals surface area contributed by atoms with Gasteiger partial charge in [0.15, 0.2) is 12.4 Å². The van der Waals surface area contributed by atoms with E-state index in [1.807, 2.05) is 47.4 Å². The number of nitrogens with two attached hydrogens (primary N) is 1. The third-order valence-corrected chi connectivity index (χ3v) is 8.88. The molecule has 48 heavy (non-hydrogen) atoms. The average molecular weight is 659 g/mol. The number of hydrogen-bond acceptors (Lipinski definition) is 9. The van der Waals surface area contributed by atoms with Gasteiger partial charge in [-0.25, -0.2) is 14.8 Å². The second-order valence-corrected chi connectivity index (χ2v) is 12.4. The highest BCUT2D eigenvalue weighted by atomic mass is 16.6. The van der Waals surface area contributed by atoms with E-state index in [-0.39, 0.29) is 12.5 Å². The Morgan fingerprint density at radius 1 is 0.979 bits per heavy atom. The van der Waals surface area contributed by atoms with Crippen molar-refractivity contribution < 1.29 is 23.8 Å². The molecule has 1 saturated heterocycles. The van der Waals surface area contributed by atoms with Gasteiger partial charge in [-0.15, -0.1) is 0 Å². The van der Waals surface area contributed by atoms with Crippen LogP contribution in [0.2, 0.25) is 0 Å². The number of hydrogen-bond donors (Lipinski definition) is 1. The zero-order chi connectivity index (χ0) is 33.7. The Hall–Kier alpha value is -4.22. The average Bonchev–Trinajstić information content (AvgIpc) is 3.47. The number of nitrogen functional groups attached to an aromatic ring is 1. The summed E-state index contributed by atoms with van der Waals surface area (Å²) in [5.74, 6) is 1.67. The summed E-state index contributed by atoms with van der Waals surface area (Å²) in [7, 11) is 1.69. The third kappa shape index (κ3) is 9.44. The molecule has 2 aromatic heterocycles. The van der Waals surface area contributed by atoms with Crippen LogP contribution in [-0.4, -0.2) is 89.3 Å². The standard InChI is InChI=1S/C37H50N6O5/c1-3-47-34(45)27-48-29-14-11-13-28(25-29)26-42(33(44)17-12-21-41-19-7-4-8-20-41)22-9-10-23-43-32(18-24-46-2)40-35-36(43)30-15-5-6-16-31(30)39-37(35)38/h5-6,11,13-16,25H,3-4,7-10,12,17-24,26-27H2,1-2H3,(H2,38,39). The van der Waals surface area contributed by atoms with Crippen LogP contribution < -0.4 is 10.5 Å². The molecule has 1 aliphatic rings. The van der Waals surface area contributed by atoms with Crippen molar-refractivity contribution in [2.75, 3.05) is 58.8 Å². The summed E-state index contributed by atoms with van der Waals surface area (Å²) in [6.45, 7) is 7.53. The van der Waals surface area contributed by atoms with E-state index < -0.39 is 5.97 Å². The van der Waals surface area contributed by atoms with Gasteiger partial charge in [-0.1, -0.05) is 36.8 Å². The Bertz CT molecular complexity index is 1650. The summed E-state index contributed by atoms with van der Waals surface area (Å²) in [5.41, 5.74) is 9.90. The molecular formula is C37H50N6O5. The fraction of sp³-hybridized carbons (Fsp3) is 0.514. The second kappa shape index (κ2) is 17.8. The molecule has 0 atom stereocenters. The summed E-state index contributed by atoms with van der Waals surface area (Å²) in [6, 6.07) is 15.6. The molecule has 0 radical (unpaired) electrons. The van der Waals surface area contributed by atoms with Gasteiger partial charge in [0, 0.05) is 45.0 Å². The summed E-state index contributed by atoms with van der Waals surface area (Å²) in [5, 5.41) is 1.02. The number of aryl methyl sites for hydroxylation is 1. The molecule has 2 N–H and O–H groups in total. The van der Waals surface area contributed by atoms with E-state index in [1.165, 1.54) is 19.3 Å². The maximum Gasteiger partial charge on any atom is 0.344 e. The number of piperidine rings is 1. The summed E-state index contributed by atoms with van der Waals surface area (Å²) in [6.07, 6.45) is 7.48. The Kier molecular flexibility index (Phi) is 13.0. The van der Waals surface area contributed by atoms with Gasteiger partial charge in [0.25, 0.3) is 0 Å². The van der Waals surface area contributed by atoms with Crippen molar-refractivity contribution in [2.45, 2.75) is 71.4 Å². The zero-order valence-electron chi connectivity index (χ0n) is 28.5. The van der Waals surface area contributed by atoms with E-state index in [0.29, 0.717) is 50.7 Å². The van der Waals surface area contributed by atoms with Crippen molar-refractivity contribution in [3.63, 3.8) is 0 Å². The van der Waals surface area contributed by atoms with Gasteiger partial charge in [-0.3, -0.25) is 4.79 Å². The molecule has 0 bridgehead atoms. The highest BCUT2D eigenvalue weighted by molar-refractivity contribution is 6.06. The molecule has 11 nitrogen and oxygen atoms in total. The SMILES string of the molecule is CCOC(=O)COc1cccc(CN(CCCCn2c(CCOC)nc3c(N)nc4ccccc4c32)C(=O)CCCN2CCCCC2)c1. The fourth-order valence-corrected chi connectivity index (χ4v) is 6.49. The van der Waals surface area contributed by atoms with Gasteiger partial charge in [-0.2, -0.15) is 0 Å². The Morgan fingerprint density at radius 2 is 1.81 bits per heavy atom. The van der Waals surface area contributed by atoms with Gasteiger partial charge >= 0.3 is 5.97 Å². The number of fused-ring (bicyclic) bond motifs is 3. The molecular weight excluding hydrogens is 608 g/mol. The number of esters is 1. The van der Waals surface area contributed by atoms with Crippen molar-refractivity contribution >= 4 is 39.6 Å². The number of anilines is 1. The number of benzene rings is 2. The summed E-state index contributed by atoms with van der Waals surface area (Å²) >= 11 is 0. The number of amides is 1. The number of carbonyl (C=O) groups excluding carboxylic acids is 2. The van der Waals surface area contributed by atoms with Crippen molar-refractivity contribution in [3.05, 3.63) is 59.9 Å². The Balaban J connectivity index is 1.28. The van der Waals surface area contributed by atoms with E-state index in [0.717, 1.165) is 78.8 Å². The Labute approximate surface area is 283 Å². The molecule has 0 unspecified atom stereocenters. The number of nitrogens with zero attached hydrogens (tertiary/aromatic N) is 5. The van der Waals surface area contributed by atoms with Gasteiger partial charge in [-0.05, 0) is 82.4 Å². The quantitative estimate of drug-likeness (QED) is 0.111. The predicted octanol–water partition coefficient (Wildman–Crippen LogP) is 5.37. The molecule has 3 heterocycles. The van der Waals surface area contributed by atoms with Crippen LogP contribution in [0.4, 0.5) is 5.82 Å². The first-order valence-electron chi connectivity index (χ1n) is 17.4. The first-order valence-corrected chi connectivity index (χ1v) is 17.4. The maximum atomic E-state index is 13.7. The van der Waals surface area contributed by atoms with Gasteiger partial charge < -0.3 is 34.3 Å². The molecule has 1 amide bonds. The topological polar surface area (TPSA) is 125 Å². The lowest BCUT2D eigenvalue weighted by Crippen LogP contribution is -2.34. The van der Waals surface area contributed by atoms with Crippen LogP contribution in [0.5, 0.6) is 5.75 Å². The molecule has 2 aromatic carbocycles. The lowest BCUT2D eigenvalue weighted by Gasteiger charge is -2.27. The van der Waals surface area contributed by atoms with E-state index >= 15 is 0 Å². The zero-order valence-corrected chi connectivity index (χ0v) is 28.5. The van der Waals surface area contributed by atoms with Crippen LogP contribution in [0, 0.1) is 0 Å². The van der Waals surface area contributed by atoms with E-state index in [4.69, 9.17) is 24.9 Å². The van der Waals surface area contributed by atoms with Crippen LogP contribution in [0.25, 0.3) is 21.9 Å². The number of para-hydroxylation sites is 1. The van der Waals surface area contributed by atoms with Crippen LogP contribution in [0.15, 0.2) is 48.5 Å². The molecule has 0 spiro atoms. The van der Waals surface area contributed by atoms with Gasteiger partial charge in [0.2, 0.25) is 5.91 Å². The molecule has 4 aromatic rings. The van der Waals surface area contributed by atoms with Crippen LogP contribution in [0.1, 0.15) is 63.3 Å². The summed E-state index contributed by atoms with van der Waals surface area (Å²) < 4.78 is 18.3. The monoisotopic (exact) mass is 658 g/mol. The fourth-order valence-electron chi connectivity index (χ4n) is 6.49. The number of aromatic nitrogens is 3. The number of imidazole rings is 1. The smallest absolute Gasteiger partial charge is 0.344 e. The van der Waals surface area contributed by atoms with E-state index in [2.05, 4.69) is 20.5 Å². The molecule has 258 valence electrons. The number of unbranched alkanes of at least 4 members (excludes halogenated alkanes) is 1. The highest BCUT2D eigenvalue weighted by Gasteiger charge is 2.19. The first-order chi connectivity index (χ1) is 23.5. The molecule has 11 heteroatoms. The third-order valence-electron chi connectivity index (χ3n) is 8.88. The Morgan fingerprint density at radius 3 is 2.62 bits per heavy atom. The minimum atomic E-state index is -0.406. The lowest BCUT2D eigenvalue weighted by atomic mass is 10.1. The molecule has 1 aliphatic heterocycles. The van der Waals surface area contributed by atoms with Crippen molar-refractivity contribution in [1.82, 2.24) is 24.3 Å². The van der Waals surface area contributed by atoms with Crippen molar-refractivity contribution in [2.24, 2.45) is 0 Å². The predicted molar refractivity (Wildman–Crippen MR) is 188 cm³/mol. The molecule has 5 rings (SSSR count). The summed E-state index contributed by atoms with van der Waals surface area (Å²) in [4.78, 5) is 39.4. The lowest BCUT2D eigenvalue weighted by molar-refractivity contribution is -0.145. The molecule has 1 fully saturated rings. The number of carbonyl (C=O) groups is 2. The van der Waals surface area contributed by atoms with E-state index in [1.54, 1.807) is 14.0 Å². The van der Waals surface area contributed by atoms with Gasteiger partial charge in [0.1, 0.15) is 17.1 Å². The number of rotatable bonds is 18. The van der Waals surface area contributed by atoms with Crippen LogP contribution in [0.3, 0.4) is 0 Å². The largest absolute Gasteiger partial charge is 0.482 e. The minimum Gasteiger partial charge on any atom is -0.482 e. The van der Waals surface area contributed by atoms with Gasteiger partial charge in [0.05, 0.1) is 24.2 Å². The number of pyridine rings is 1. The normalized spacial score (nSPS) is 13.6. The van der Waals surface area contributed by atoms with E-state index in [9.17, 15) is 9.59 Å². The minimum absolute atomic E-state index is 0.150. The first kappa shape index (κ1) is 35.1. The molecule has 0 saturated carbocycles. The highest BCUT2D eigenvalue weighted by Crippen LogP contribution is 2.29. The van der Waals surface area contributed by atoms with Crippen molar-refractivity contribution in [3.8, 4) is 5.75 Å². The second-order valence-electron chi connectivity index (χ2n) is 12.4.